The molecule has 0 aromatic carbocycles. The predicted octanol–water partition coefficient (Wildman–Crippen LogP) is 5.40. The van der Waals surface area contributed by atoms with Gasteiger partial charge < -0.3 is 9.16 Å². The molecule has 3 atom stereocenters. The van der Waals surface area contributed by atoms with Crippen molar-refractivity contribution in [2.24, 2.45) is 17.8 Å². The third-order valence-electron chi connectivity index (χ3n) is 5.88. The Kier molecular flexibility index (Phi) is 7.79. The first-order valence-electron chi connectivity index (χ1n) is 9.30. The zero-order valence-corrected chi connectivity index (χ0v) is 17.4. The minimum Gasteiger partial charge on any atom is -0.466 e. The highest BCUT2D eigenvalue weighted by Gasteiger charge is 2.37. The summed E-state index contributed by atoms with van der Waals surface area (Å²) in [6, 6.07) is 0. The lowest BCUT2D eigenvalue weighted by Crippen LogP contribution is -2.41. The van der Waals surface area contributed by atoms with Crippen LogP contribution >= 0.6 is 0 Å². The summed E-state index contributed by atoms with van der Waals surface area (Å²) in [5.74, 6) is 1.86. The molecule has 23 heavy (non-hydrogen) atoms. The maximum atomic E-state index is 10.9. The molecular weight excluding hydrogens is 304 g/mol. The first-order valence-corrected chi connectivity index (χ1v) is 12.2. The normalized spacial score (nSPS) is 23.3. The quantitative estimate of drug-likeness (QED) is 0.415. The van der Waals surface area contributed by atoms with Gasteiger partial charge in [0.05, 0.1) is 6.61 Å². The van der Waals surface area contributed by atoms with Crippen LogP contribution in [0.1, 0.15) is 66.7 Å². The topological polar surface area (TPSA) is 35.5 Å². The van der Waals surface area contributed by atoms with Crippen molar-refractivity contribution in [2.75, 3.05) is 13.2 Å². The summed E-state index contributed by atoms with van der Waals surface area (Å²) in [4.78, 5) is 10.9. The van der Waals surface area contributed by atoms with E-state index in [-0.39, 0.29) is 5.97 Å². The van der Waals surface area contributed by atoms with Crippen molar-refractivity contribution in [3.63, 3.8) is 0 Å². The van der Waals surface area contributed by atoms with E-state index in [0.29, 0.717) is 23.5 Å². The highest BCUT2D eigenvalue weighted by Crippen LogP contribution is 2.39. The molecule has 4 heteroatoms. The minimum absolute atomic E-state index is 0.146. The second-order valence-corrected chi connectivity index (χ2v) is 13.8. The van der Waals surface area contributed by atoms with Gasteiger partial charge in [0.2, 0.25) is 0 Å². The van der Waals surface area contributed by atoms with Crippen LogP contribution < -0.4 is 0 Å². The van der Waals surface area contributed by atoms with E-state index in [4.69, 9.17) is 9.16 Å². The Hall–Kier alpha value is -0.353. The van der Waals surface area contributed by atoms with Gasteiger partial charge in [0.25, 0.3) is 0 Å². The zero-order chi connectivity index (χ0) is 17.7. The first kappa shape index (κ1) is 20.7. The zero-order valence-electron chi connectivity index (χ0n) is 16.4. The van der Waals surface area contributed by atoms with E-state index in [1.165, 1.54) is 39.0 Å². The van der Waals surface area contributed by atoms with Gasteiger partial charge in [0.15, 0.2) is 8.32 Å². The van der Waals surface area contributed by atoms with Gasteiger partial charge in [-0.25, -0.2) is 0 Å². The summed E-state index contributed by atoms with van der Waals surface area (Å²) in [6.45, 7) is 16.9. The van der Waals surface area contributed by atoms with Crippen LogP contribution in [-0.4, -0.2) is 27.5 Å². The van der Waals surface area contributed by atoms with Gasteiger partial charge in [-0.2, -0.15) is 0 Å². The van der Waals surface area contributed by atoms with Gasteiger partial charge in [-0.05, 0) is 55.1 Å². The van der Waals surface area contributed by atoms with Gasteiger partial charge in [-0.1, -0.05) is 40.5 Å². The van der Waals surface area contributed by atoms with Crippen LogP contribution in [-0.2, 0) is 14.0 Å². The Morgan fingerprint density at radius 1 is 1.22 bits per heavy atom. The summed E-state index contributed by atoms with van der Waals surface area (Å²) in [6.07, 6.45) is 6.31. The molecular formula is C19H38O3Si. The van der Waals surface area contributed by atoms with Crippen molar-refractivity contribution in [1.82, 2.24) is 0 Å². The Balaban J connectivity index is 2.17. The largest absolute Gasteiger partial charge is 0.466 e. The van der Waals surface area contributed by atoms with Gasteiger partial charge in [-0.15, -0.1) is 0 Å². The first-order chi connectivity index (χ1) is 10.5. The van der Waals surface area contributed by atoms with Crippen LogP contribution in [0, 0.1) is 17.8 Å². The molecule has 1 saturated carbocycles. The monoisotopic (exact) mass is 342 g/mol. The van der Waals surface area contributed by atoms with E-state index in [0.717, 1.165) is 12.5 Å². The number of carbonyl (C=O) groups is 1. The summed E-state index contributed by atoms with van der Waals surface area (Å²) in [7, 11) is -1.61. The van der Waals surface area contributed by atoms with Gasteiger partial charge in [-0.3, -0.25) is 4.79 Å². The molecule has 1 rings (SSSR count). The fourth-order valence-corrected chi connectivity index (χ4v) is 3.98. The van der Waals surface area contributed by atoms with Gasteiger partial charge in [0, 0.05) is 13.5 Å². The fourth-order valence-electron chi connectivity index (χ4n) is 2.84. The minimum atomic E-state index is -1.61. The predicted molar refractivity (Wildman–Crippen MR) is 99.0 cm³/mol. The van der Waals surface area contributed by atoms with Crippen LogP contribution in [0.25, 0.3) is 0 Å². The molecule has 0 aromatic rings. The highest BCUT2D eigenvalue weighted by molar-refractivity contribution is 6.74. The number of ether oxygens (including phenoxy) is 1. The van der Waals surface area contributed by atoms with E-state index in [9.17, 15) is 4.79 Å². The van der Waals surface area contributed by atoms with Crippen molar-refractivity contribution in [1.29, 1.82) is 0 Å². The van der Waals surface area contributed by atoms with E-state index in [2.05, 4.69) is 40.8 Å². The van der Waals surface area contributed by atoms with Crippen LogP contribution in [0.2, 0.25) is 18.1 Å². The Morgan fingerprint density at radius 2 is 1.83 bits per heavy atom. The Bertz CT molecular complexity index is 373. The molecule has 1 aliphatic carbocycles. The maximum absolute atomic E-state index is 10.9. The highest BCUT2D eigenvalue weighted by atomic mass is 28.4. The Labute approximate surface area is 144 Å². The molecule has 0 saturated heterocycles. The molecule has 0 aromatic heterocycles. The van der Waals surface area contributed by atoms with Gasteiger partial charge >= 0.3 is 5.97 Å². The average molecular weight is 343 g/mol. The smallest absolute Gasteiger partial charge is 0.302 e. The van der Waals surface area contributed by atoms with Crippen LogP contribution in [0.5, 0.6) is 0 Å². The number of hydrogen-bond acceptors (Lipinski definition) is 3. The number of hydrogen-bond donors (Lipinski definition) is 0. The maximum Gasteiger partial charge on any atom is 0.302 e. The van der Waals surface area contributed by atoms with E-state index in [1.54, 1.807) is 0 Å². The fraction of sp³-hybridized carbons (Fsp3) is 0.947. The average Bonchev–Trinajstić information content (AvgIpc) is 2.38. The van der Waals surface area contributed by atoms with Crippen LogP contribution in [0.4, 0.5) is 0 Å². The molecule has 0 spiro atoms. The molecule has 0 N–H and O–H groups in total. The van der Waals surface area contributed by atoms with E-state index in [1.807, 2.05) is 0 Å². The molecule has 0 heterocycles. The second kappa shape index (κ2) is 8.66. The van der Waals surface area contributed by atoms with E-state index < -0.39 is 8.32 Å². The van der Waals surface area contributed by atoms with Crippen molar-refractivity contribution in [2.45, 2.75) is 84.9 Å². The molecule has 1 fully saturated rings. The van der Waals surface area contributed by atoms with Crippen molar-refractivity contribution in [3.05, 3.63) is 0 Å². The summed E-state index contributed by atoms with van der Waals surface area (Å²) < 4.78 is 11.5. The number of rotatable bonds is 9. The van der Waals surface area contributed by atoms with Crippen LogP contribution in [0.3, 0.4) is 0 Å². The van der Waals surface area contributed by atoms with E-state index >= 15 is 0 Å². The number of esters is 1. The summed E-state index contributed by atoms with van der Waals surface area (Å²) >= 11 is 0. The Morgan fingerprint density at radius 3 is 2.30 bits per heavy atom. The lowest BCUT2D eigenvalue weighted by molar-refractivity contribution is -0.144. The molecule has 136 valence electrons. The van der Waals surface area contributed by atoms with Gasteiger partial charge in [0.1, 0.15) is 0 Å². The van der Waals surface area contributed by atoms with Crippen LogP contribution in [0.15, 0.2) is 0 Å². The molecule has 0 bridgehead atoms. The third kappa shape index (κ3) is 6.96. The molecule has 1 aliphatic rings. The molecule has 0 aliphatic heterocycles. The van der Waals surface area contributed by atoms with Crippen molar-refractivity contribution in [3.8, 4) is 0 Å². The summed E-state index contributed by atoms with van der Waals surface area (Å²) in [5.41, 5.74) is 0. The van der Waals surface area contributed by atoms with Crippen molar-refractivity contribution < 1.29 is 14.0 Å². The standard InChI is InChI=1S/C19H38O3Si/c1-15(13-22-23(6,7)19(3,4)5)9-8-10-17-11-12-18(17)14-21-16(2)20/h15,17-18H,8-14H2,1-7H3/t15-,17+,18-/m0/s1. The second-order valence-electron chi connectivity index (χ2n) is 9.01. The summed E-state index contributed by atoms with van der Waals surface area (Å²) in [5, 5.41) is 0.294. The number of carbonyl (C=O) groups excluding carboxylic acids is 1. The molecule has 0 amide bonds. The molecule has 0 unspecified atom stereocenters. The third-order valence-corrected chi connectivity index (χ3v) is 10.4. The SMILES string of the molecule is CC(=O)OC[C@@H]1CC[C@H]1CCC[C@H](C)CO[Si](C)(C)C(C)(C)C. The molecule has 3 nitrogen and oxygen atoms in total. The lowest BCUT2D eigenvalue weighted by atomic mass is 9.71. The van der Waals surface area contributed by atoms with Crippen molar-refractivity contribution >= 4 is 14.3 Å². The molecule has 0 radical (unpaired) electrons. The lowest BCUT2D eigenvalue weighted by Gasteiger charge is -2.37.